The van der Waals surface area contributed by atoms with Crippen molar-refractivity contribution in [3.8, 4) is 0 Å². The number of hydrogen-bond acceptors (Lipinski definition) is 10. The lowest BCUT2D eigenvalue weighted by Crippen LogP contribution is -2.39. The van der Waals surface area contributed by atoms with Crippen molar-refractivity contribution in [3.05, 3.63) is 0 Å². The van der Waals surface area contributed by atoms with Gasteiger partial charge in [0.15, 0.2) is 0 Å². The first-order valence-corrected chi connectivity index (χ1v) is 14.0. The molecule has 0 saturated carbocycles. The van der Waals surface area contributed by atoms with Crippen molar-refractivity contribution in [1.29, 1.82) is 0 Å². The Balaban J connectivity index is 4.96. The summed E-state index contributed by atoms with van der Waals surface area (Å²) in [5, 5.41) is 4.90. The van der Waals surface area contributed by atoms with Crippen LogP contribution >= 0.6 is 0 Å². The summed E-state index contributed by atoms with van der Waals surface area (Å²) >= 11 is 0. The fourth-order valence-electron chi connectivity index (χ4n) is 2.46. The molecule has 0 fully saturated rings. The molecule has 14 heteroatoms. The topological polar surface area (TPSA) is 163 Å². The van der Waals surface area contributed by atoms with Gasteiger partial charge in [0.1, 0.15) is 11.2 Å². The Hall–Kier alpha value is -1.64. The van der Waals surface area contributed by atoms with Gasteiger partial charge in [-0.3, -0.25) is 8.37 Å². The maximum atomic E-state index is 11.8. The van der Waals surface area contributed by atoms with Crippen LogP contribution in [0.4, 0.5) is 9.59 Å². The van der Waals surface area contributed by atoms with Gasteiger partial charge in [0.25, 0.3) is 20.2 Å². The Morgan fingerprint density at radius 3 is 1.24 bits per heavy atom. The van der Waals surface area contributed by atoms with Crippen LogP contribution in [-0.4, -0.2) is 78.0 Å². The first-order valence-electron chi connectivity index (χ1n) is 10.4. The highest BCUT2D eigenvalue weighted by molar-refractivity contribution is 7.86. The van der Waals surface area contributed by atoms with E-state index in [0.29, 0.717) is 0 Å². The van der Waals surface area contributed by atoms with E-state index in [4.69, 9.17) is 17.8 Å². The molecule has 0 aliphatic heterocycles. The van der Waals surface area contributed by atoms with Crippen LogP contribution < -0.4 is 10.6 Å². The van der Waals surface area contributed by atoms with Crippen LogP contribution in [0.1, 0.15) is 60.8 Å². The van der Waals surface area contributed by atoms with E-state index in [9.17, 15) is 26.4 Å². The molecule has 0 aromatic carbocycles. The number of amides is 2. The van der Waals surface area contributed by atoms with E-state index in [1.165, 1.54) is 0 Å². The zero-order chi connectivity index (χ0) is 26.1. The Morgan fingerprint density at radius 2 is 1.00 bits per heavy atom. The van der Waals surface area contributed by atoms with Crippen LogP contribution in [0.2, 0.25) is 0 Å². The van der Waals surface area contributed by atoms with Crippen LogP contribution in [0, 0.1) is 0 Å². The molecule has 12 nitrogen and oxygen atoms in total. The van der Waals surface area contributed by atoms with Crippen molar-refractivity contribution in [2.24, 2.45) is 0 Å². The molecule has 0 aromatic heterocycles. The zero-order valence-corrected chi connectivity index (χ0v) is 22.2. The van der Waals surface area contributed by atoms with Crippen molar-refractivity contribution >= 4 is 32.4 Å². The van der Waals surface area contributed by atoms with Crippen molar-refractivity contribution in [1.82, 2.24) is 10.6 Å². The van der Waals surface area contributed by atoms with Gasteiger partial charge in [0, 0.05) is 13.1 Å². The third-order valence-corrected chi connectivity index (χ3v) is 4.66. The van der Waals surface area contributed by atoms with E-state index < -0.39 is 55.8 Å². The highest BCUT2D eigenvalue weighted by Gasteiger charge is 2.23. The molecule has 0 bridgehead atoms. The van der Waals surface area contributed by atoms with Gasteiger partial charge >= 0.3 is 12.2 Å². The molecule has 0 rings (SSSR count). The van der Waals surface area contributed by atoms with Crippen LogP contribution in [0.5, 0.6) is 0 Å². The van der Waals surface area contributed by atoms with E-state index in [1.807, 2.05) is 0 Å². The quantitative estimate of drug-likeness (QED) is 0.365. The molecule has 0 heterocycles. The van der Waals surface area contributed by atoms with Gasteiger partial charge in [-0.2, -0.15) is 16.8 Å². The third kappa shape index (κ3) is 20.7. The standard InChI is InChI=1S/C19H38N2O10S2/c1-18(2,3)28-16(22)20-12-14(30-32(7,24)25)10-9-11-15(31-33(8,26)27)13-21-17(23)29-19(4,5)6/h14-15H,9-13H2,1-8H3,(H,20,22)(H,21,23). The first kappa shape index (κ1) is 31.4. The average molecular weight is 519 g/mol. The minimum Gasteiger partial charge on any atom is -0.444 e. The lowest BCUT2D eigenvalue weighted by Gasteiger charge is -2.23. The normalized spacial score (nSPS) is 14.8. The summed E-state index contributed by atoms with van der Waals surface area (Å²) in [6.45, 7) is 9.82. The molecule has 0 aliphatic carbocycles. The van der Waals surface area contributed by atoms with Gasteiger partial charge in [-0.25, -0.2) is 9.59 Å². The minimum absolute atomic E-state index is 0.143. The molecular weight excluding hydrogens is 480 g/mol. The van der Waals surface area contributed by atoms with Crippen LogP contribution in [0.3, 0.4) is 0 Å². The monoisotopic (exact) mass is 518 g/mol. The molecule has 0 radical (unpaired) electrons. The Morgan fingerprint density at radius 1 is 0.697 bits per heavy atom. The number of carbonyl (C=O) groups excluding carboxylic acids is 2. The predicted molar refractivity (Wildman–Crippen MR) is 122 cm³/mol. The molecular formula is C19H38N2O10S2. The lowest BCUT2D eigenvalue weighted by atomic mass is 10.1. The minimum atomic E-state index is -3.82. The zero-order valence-electron chi connectivity index (χ0n) is 20.6. The number of rotatable bonds is 12. The van der Waals surface area contributed by atoms with E-state index >= 15 is 0 Å². The molecule has 2 atom stereocenters. The highest BCUT2D eigenvalue weighted by Crippen LogP contribution is 2.14. The number of carbonyl (C=O) groups is 2. The van der Waals surface area contributed by atoms with Crippen molar-refractivity contribution in [2.45, 2.75) is 84.2 Å². The van der Waals surface area contributed by atoms with E-state index in [1.54, 1.807) is 41.5 Å². The summed E-state index contributed by atoms with van der Waals surface area (Å²) in [6.07, 6.45) is -0.949. The summed E-state index contributed by atoms with van der Waals surface area (Å²) in [5.41, 5.74) is -1.46. The largest absolute Gasteiger partial charge is 0.444 e. The summed E-state index contributed by atoms with van der Waals surface area (Å²) in [5.74, 6) is 0. The molecule has 196 valence electrons. The molecule has 0 spiro atoms. The lowest BCUT2D eigenvalue weighted by molar-refractivity contribution is 0.0496. The van der Waals surface area contributed by atoms with E-state index in [-0.39, 0.29) is 32.4 Å². The van der Waals surface area contributed by atoms with Crippen molar-refractivity contribution in [3.63, 3.8) is 0 Å². The van der Waals surface area contributed by atoms with Crippen molar-refractivity contribution < 1.29 is 44.3 Å². The SMILES string of the molecule is CC(C)(C)OC(=O)NCC(CCCC(CNC(=O)OC(C)(C)C)OS(C)(=O)=O)OS(C)(=O)=O. The Labute approximate surface area is 197 Å². The second-order valence-electron chi connectivity index (χ2n) is 9.54. The number of ether oxygens (including phenoxy) is 2. The van der Waals surface area contributed by atoms with Gasteiger partial charge in [-0.05, 0) is 60.8 Å². The second kappa shape index (κ2) is 12.7. The van der Waals surface area contributed by atoms with E-state index in [0.717, 1.165) is 12.5 Å². The molecule has 0 saturated heterocycles. The van der Waals surface area contributed by atoms with Crippen LogP contribution in [0.25, 0.3) is 0 Å². The number of nitrogens with one attached hydrogen (secondary N) is 2. The maximum Gasteiger partial charge on any atom is 0.407 e. The molecule has 33 heavy (non-hydrogen) atoms. The molecule has 0 aromatic rings. The van der Waals surface area contributed by atoms with Crippen LogP contribution in [-0.2, 0) is 38.1 Å². The highest BCUT2D eigenvalue weighted by atomic mass is 32.2. The van der Waals surface area contributed by atoms with Gasteiger partial charge in [-0.1, -0.05) is 0 Å². The summed E-state index contributed by atoms with van der Waals surface area (Å²) in [7, 11) is -7.63. The molecule has 2 amide bonds. The van der Waals surface area contributed by atoms with Gasteiger partial charge in [0.2, 0.25) is 0 Å². The van der Waals surface area contributed by atoms with E-state index in [2.05, 4.69) is 10.6 Å². The maximum absolute atomic E-state index is 11.8. The summed E-state index contributed by atoms with van der Waals surface area (Å²) < 4.78 is 66.5. The van der Waals surface area contributed by atoms with Gasteiger partial charge < -0.3 is 20.1 Å². The first-order chi connectivity index (χ1) is 14.7. The Bertz CT molecular complexity index is 773. The smallest absolute Gasteiger partial charge is 0.407 e. The summed E-state index contributed by atoms with van der Waals surface area (Å²) in [4.78, 5) is 23.7. The van der Waals surface area contributed by atoms with Crippen molar-refractivity contribution in [2.75, 3.05) is 25.6 Å². The fraction of sp³-hybridized carbons (Fsp3) is 0.895. The summed E-state index contributed by atoms with van der Waals surface area (Å²) in [6, 6.07) is 0. The molecule has 2 N–H and O–H groups in total. The Kier molecular flexibility index (Phi) is 12.1. The molecule has 2 unspecified atom stereocenters. The van der Waals surface area contributed by atoms with Gasteiger partial charge in [0.05, 0.1) is 24.7 Å². The average Bonchev–Trinajstić information content (AvgIpc) is 2.51. The third-order valence-electron chi connectivity index (χ3n) is 3.42. The molecule has 0 aliphatic rings. The number of alkyl carbamates (subject to hydrolysis) is 2. The van der Waals surface area contributed by atoms with Crippen LogP contribution in [0.15, 0.2) is 0 Å². The number of hydrogen-bond donors (Lipinski definition) is 2. The van der Waals surface area contributed by atoms with Gasteiger partial charge in [-0.15, -0.1) is 0 Å². The fourth-order valence-corrected chi connectivity index (χ4v) is 3.78. The second-order valence-corrected chi connectivity index (χ2v) is 12.7. The predicted octanol–water partition coefficient (Wildman–Crippen LogP) is 1.90.